The molecule has 4 N–H and O–H groups in total. The summed E-state index contributed by atoms with van der Waals surface area (Å²) in [6.07, 6.45) is 0.756. The van der Waals surface area contributed by atoms with Crippen molar-refractivity contribution in [2.45, 2.75) is 0 Å². The van der Waals surface area contributed by atoms with E-state index in [1.165, 1.54) is 0 Å². The maximum Gasteiger partial charge on any atom is 0.338 e. The standard InChI is InChI=1S/C7H5N3O4/c8-4-3(7(13)14)2(6(11)12)1-10-5(4)9/h1,8-9H,(H,11,12)(H,13,14). The molecule has 0 aliphatic carbocycles. The minimum Gasteiger partial charge on any atom is -0.478 e. The van der Waals surface area contributed by atoms with Crippen molar-refractivity contribution in [3.8, 4) is 0 Å². The van der Waals surface area contributed by atoms with Gasteiger partial charge in [0.2, 0.25) is 0 Å². The normalized spacial score (nSPS) is 16.0. The Bertz CT molecular complexity index is 419. The Morgan fingerprint density at radius 1 is 1.21 bits per heavy atom. The summed E-state index contributed by atoms with van der Waals surface area (Å²) in [7, 11) is 0. The third-order valence-electron chi connectivity index (χ3n) is 1.52. The molecule has 0 saturated carbocycles. The second kappa shape index (κ2) is 3.21. The maximum absolute atomic E-state index is 10.6. The average molecular weight is 195 g/mol. The SMILES string of the molecule is N=C1N=CC(C(=O)O)=C(C(=O)O)C1=N. The van der Waals surface area contributed by atoms with E-state index in [0.29, 0.717) is 0 Å². The van der Waals surface area contributed by atoms with E-state index in [1.54, 1.807) is 0 Å². The lowest BCUT2D eigenvalue weighted by atomic mass is 10.0. The van der Waals surface area contributed by atoms with E-state index in [0.717, 1.165) is 6.21 Å². The number of hydrogen-bond acceptors (Lipinski definition) is 4. The van der Waals surface area contributed by atoms with Crippen molar-refractivity contribution < 1.29 is 19.8 Å². The molecule has 14 heavy (non-hydrogen) atoms. The van der Waals surface area contributed by atoms with Gasteiger partial charge in [0.15, 0.2) is 5.84 Å². The van der Waals surface area contributed by atoms with Crippen molar-refractivity contribution in [1.29, 1.82) is 10.8 Å². The zero-order chi connectivity index (χ0) is 10.9. The number of hydrogen-bond donors (Lipinski definition) is 4. The van der Waals surface area contributed by atoms with Gasteiger partial charge >= 0.3 is 11.9 Å². The topological polar surface area (TPSA) is 135 Å². The number of aliphatic carboxylic acids is 2. The van der Waals surface area contributed by atoms with Gasteiger partial charge in [-0.15, -0.1) is 0 Å². The monoisotopic (exact) mass is 195 g/mol. The van der Waals surface area contributed by atoms with Crippen molar-refractivity contribution >= 4 is 29.7 Å². The zero-order valence-corrected chi connectivity index (χ0v) is 6.74. The number of carboxylic acid groups (broad SMARTS) is 2. The Morgan fingerprint density at radius 2 is 1.79 bits per heavy atom. The lowest BCUT2D eigenvalue weighted by molar-refractivity contribution is -0.135. The number of nitrogens with one attached hydrogen (secondary N) is 2. The average Bonchev–Trinajstić information content (AvgIpc) is 2.08. The van der Waals surface area contributed by atoms with Crippen LogP contribution in [0.1, 0.15) is 0 Å². The second-order valence-corrected chi connectivity index (χ2v) is 2.38. The number of amidine groups is 1. The molecule has 0 fully saturated rings. The molecule has 0 saturated heterocycles. The first-order valence-corrected chi connectivity index (χ1v) is 3.38. The van der Waals surface area contributed by atoms with Crippen LogP contribution in [0, 0.1) is 10.8 Å². The fraction of sp³-hybridized carbons (Fsp3) is 0. The van der Waals surface area contributed by atoms with Gasteiger partial charge < -0.3 is 10.2 Å². The first kappa shape index (κ1) is 9.78. The maximum atomic E-state index is 10.6. The van der Waals surface area contributed by atoms with Crippen molar-refractivity contribution in [3.63, 3.8) is 0 Å². The van der Waals surface area contributed by atoms with Gasteiger partial charge in [-0.05, 0) is 0 Å². The number of carbonyl (C=O) groups is 2. The van der Waals surface area contributed by atoms with Gasteiger partial charge in [0, 0.05) is 6.21 Å². The number of carboxylic acids is 2. The van der Waals surface area contributed by atoms with E-state index in [-0.39, 0.29) is 0 Å². The second-order valence-electron chi connectivity index (χ2n) is 2.38. The van der Waals surface area contributed by atoms with Crippen molar-refractivity contribution in [2.24, 2.45) is 4.99 Å². The smallest absolute Gasteiger partial charge is 0.338 e. The molecule has 1 aliphatic heterocycles. The zero-order valence-electron chi connectivity index (χ0n) is 6.74. The molecule has 0 atom stereocenters. The Balaban J connectivity index is 3.39. The Morgan fingerprint density at radius 3 is 2.21 bits per heavy atom. The van der Waals surface area contributed by atoms with Gasteiger partial charge in [-0.1, -0.05) is 0 Å². The molecule has 0 aromatic carbocycles. The molecule has 0 unspecified atom stereocenters. The highest BCUT2D eigenvalue weighted by Gasteiger charge is 2.28. The summed E-state index contributed by atoms with van der Waals surface area (Å²) in [5.41, 5.74) is -1.99. The molecule has 0 aromatic rings. The highest BCUT2D eigenvalue weighted by atomic mass is 16.4. The highest BCUT2D eigenvalue weighted by molar-refractivity contribution is 6.55. The van der Waals surface area contributed by atoms with Crippen molar-refractivity contribution in [2.75, 3.05) is 0 Å². The summed E-state index contributed by atoms with van der Waals surface area (Å²) in [6, 6.07) is 0. The third kappa shape index (κ3) is 1.42. The molecule has 0 amide bonds. The van der Waals surface area contributed by atoms with E-state index < -0.39 is 34.6 Å². The molecule has 1 heterocycles. The molecule has 0 radical (unpaired) electrons. The fourth-order valence-corrected chi connectivity index (χ4v) is 0.896. The van der Waals surface area contributed by atoms with Gasteiger partial charge in [-0.3, -0.25) is 10.8 Å². The summed E-state index contributed by atoms with van der Waals surface area (Å²) in [5, 5.41) is 31.4. The van der Waals surface area contributed by atoms with Gasteiger partial charge in [0.25, 0.3) is 0 Å². The Kier molecular flexibility index (Phi) is 2.24. The fourth-order valence-electron chi connectivity index (χ4n) is 0.896. The molecule has 0 bridgehead atoms. The first-order chi connectivity index (χ1) is 6.45. The minimum absolute atomic E-state index is 0.563. The summed E-state index contributed by atoms with van der Waals surface area (Å²) in [5.74, 6) is -3.60. The summed E-state index contributed by atoms with van der Waals surface area (Å²) >= 11 is 0. The van der Waals surface area contributed by atoms with E-state index in [2.05, 4.69) is 4.99 Å². The molecule has 1 aliphatic rings. The van der Waals surface area contributed by atoms with Crippen LogP contribution >= 0.6 is 0 Å². The molecule has 7 heteroatoms. The summed E-state index contributed by atoms with van der Waals surface area (Å²) in [4.78, 5) is 24.4. The lowest BCUT2D eigenvalue weighted by Crippen LogP contribution is -2.27. The van der Waals surface area contributed by atoms with Crippen LogP contribution in [0.15, 0.2) is 16.1 Å². The first-order valence-electron chi connectivity index (χ1n) is 3.38. The Hall–Kier alpha value is -2.31. The predicted octanol–water partition coefficient (Wildman–Crippen LogP) is -0.466. The number of nitrogens with zero attached hydrogens (tertiary/aromatic N) is 1. The molecular formula is C7H5N3O4. The lowest BCUT2D eigenvalue weighted by Gasteiger charge is -2.09. The largest absolute Gasteiger partial charge is 0.478 e. The van der Waals surface area contributed by atoms with Gasteiger partial charge in [0.05, 0.1) is 5.57 Å². The summed E-state index contributed by atoms with van der Waals surface area (Å²) in [6.45, 7) is 0. The highest BCUT2D eigenvalue weighted by Crippen LogP contribution is 2.11. The van der Waals surface area contributed by atoms with Crippen LogP contribution in [0.25, 0.3) is 0 Å². The van der Waals surface area contributed by atoms with Gasteiger partial charge in [-0.2, -0.15) is 0 Å². The number of aliphatic imine (C=N–C) groups is 1. The third-order valence-corrected chi connectivity index (χ3v) is 1.52. The van der Waals surface area contributed by atoms with E-state index in [4.69, 9.17) is 21.0 Å². The van der Waals surface area contributed by atoms with E-state index in [1.807, 2.05) is 0 Å². The quantitative estimate of drug-likeness (QED) is 0.473. The Labute approximate surface area is 77.4 Å². The molecule has 7 nitrogen and oxygen atoms in total. The molecule has 0 aromatic heterocycles. The van der Waals surface area contributed by atoms with Crippen LogP contribution in [0.5, 0.6) is 0 Å². The van der Waals surface area contributed by atoms with Gasteiger partial charge in [0.1, 0.15) is 11.3 Å². The van der Waals surface area contributed by atoms with Crippen molar-refractivity contribution in [3.05, 3.63) is 11.1 Å². The van der Waals surface area contributed by atoms with Crippen LogP contribution in [0.2, 0.25) is 0 Å². The van der Waals surface area contributed by atoms with Crippen LogP contribution in [-0.4, -0.2) is 39.9 Å². The predicted molar refractivity (Wildman–Crippen MR) is 46.2 cm³/mol. The molecular weight excluding hydrogens is 190 g/mol. The van der Waals surface area contributed by atoms with Crippen LogP contribution < -0.4 is 0 Å². The minimum atomic E-state index is -1.55. The van der Waals surface area contributed by atoms with Crippen LogP contribution in [0.3, 0.4) is 0 Å². The van der Waals surface area contributed by atoms with Crippen LogP contribution in [0.4, 0.5) is 0 Å². The molecule has 72 valence electrons. The molecule has 1 rings (SSSR count). The molecule has 0 spiro atoms. The number of dihydropyridines is 1. The number of rotatable bonds is 2. The van der Waals surface area contributed by atoms with E-state index >= 15 is 0 Å². The van der Waals surface area contributed by atoms with Gasteiger partial charge in [-0.25, -0.2) is 14.6 Å². The summed E-state index contributed by atoms with van der Waals surface area (Å²) < 4.78 is 0. The van der Waals surface area contributed by atoms with Crippen LogP contribution in [-0.2, 0) is 9.59 Å². The van der Waals surface area contributed by atoms with E-state index in [9.17, 15) is 9.59 Å². The van der Waals surface area contributed by atoms with Crippen molar-refractivity contribution in [1.82, 2.24) is 0 Å².